The first-order valence-corrected chi connectivity index (χ1v) is 2.10. The van der Waals surface area contributed by atoms with Crippen LogP contribution in [0.15, 0.2) is 0 Å². The van der Waals surface area contributed by atoms with Crippen LogP contribution in [-0.4, -0.2) is 112 Å². The molecule has 48 valence electrons. The van der Waals surface area contributed by atoms with Crippen molar-refractivity contribution in [1.29, 1.82) is 0 Å². The van der Waals surface area contributed by atoms with E-state index in [2.05, 4.69) is 0 Å². The summed E-state index contributed by atoms with van der Waals surface area (Å²) >= 11 is 0. The van der Waals surface area contributed by atoms with Crippen molar-refractivity contribution in [3.63, 3.8) is 0 Å². The minimum atomic E-state index is -4.67. The zero-order valence-corrected chi connectivity index (χ0v) is 13.5. The number of halogens is 1. The molecule has 8 heavy (non-hydrogen) atoms. The number of rotatable bonds is 0. The van der Waals surface area contributed by atoms with Gasteiger partial charge in [-0.05, 0) is 0 Å². The summed E-state index contributed by atoms with van der Waals surface area (Å²) in [5.41, 5.74) is 0. The van der Waals surface area contributed by atoms with Gasteiger partial charge in [0.25, 0.3) is 0 Å². The third-order valence-corrected chi connectivity index (χ3v) is 0. The summed E-state index contributed by atoms with van der Waals surface area (Å²) in [4.78, 5) is 0. The van der Waals surface area contributed by atoms with Gasteiger partial charge in [0.05, 0.1) is 0 Å². The molecule has 4 nitrogen and oxygen atoms in total. The molecule has 0 fully saturated rings. The van der Waals surface area contributed by atoms with Gasteiger partial charge in [-0.2, -0.15) is 8.42 Å². The molecule has 0 saturated heterocycles. The molecule has 0 amide bonds. The van der Waals surface area contributed by atoms with E-state index in [0.29, 0.717) is 0 Å². The van der Waals surface area contributed by atoms with Crippen molar-refractivity contribution in [1.82, 2.24) is 0 Å². The predicted molar refractivity (Wildman–Crippen MR) is 37.4 cm³/mol. The summed E-state index contributed by atoms with van der Waals surface area (Å²) in [7, 11) is -4.67. The Balaban J connectivity index is -0.00000000381. The molecule has 0 heterocycles. The normalized spacial score (nSPS) is 7.25. The van der Waals surface area contributed by atoms with E-state index < -0.39 is 10.4 Å². The fourth-order valence-electron chi connectivity index (χ4n) is 0. The Labute approximate surface area is 137 Å². The van der Waals surface area contributed by atoms with Crippen LogP contribution >= 0.6 is 12.4 Å². The molecule has 0 aromatic carbocycles. The molecule has 0 saturated carbocycles. The van der Waals surface area contributed by atoms with Crippen LogP contribution in [0.1, 0.15) is 5.71 Å². The first-order chi connectivity index (χ1) is 2.00. The van der Waals surface area contributed by atoms with Crippen LogP contribution < -0.4 is 0 Å². The van der Waals surface area contributed by atoms with Gasteiger partial charge in [-0.1, -0.05) is 0 Å². The van der Waals surface area contributed by atoms with Crippen molar-refractivity contribution in [2.24, 2.45) is 0 Å². The molecule has 0 aromatic rings. The van der Waals surface area contributed by atoms with E-state index in [9.17, 15) is 0 Å². The van der Waals surface area contributed by atoms with Gasteiger partial charge < -0.3 is 5.71 Å². The van der Waals surface area contributed by atoms with E-state index >= 15 is 0 Å². The molecule has 0 rings (SSSR count). The Morgan fingerprint density at radius 1 is 1.25 bits per heavy atom. The Morgan fingerprint density at radius 2 is 1.25 bits per heavy atom. The standard InChI is InChI=1S/Ba.ClH.H2O4S.Sr.4H/c;;1-5(2,3)4;;;;;/h;1H;(H2,1,2,3,4);;;;;/q+2;;;+2;4*-1. The van der Waals surface area contributed by atoms with Crippen molar-refractivity contribution in [3.05, 3.63) is 0 Å². The van der Waals surface area contributed by atoms with Crippen molar-refractivity contribution in [3.8, 4) is 0 Å². The Hall–Kier alpha value is 3.21. The Kier molecular flexibility index (Phi) is 28.7. The predicted octanol–water partition coefficient (Wildman–Crippen LogP) is -0.543. The number of hydrogen-bond acceptors (Lipinski definition) is 2. The first-order valence-electron chi connectivity index (χ1n) is 0.698. The van der Waals surface area contributed by atoms with Crippen molar-refractivity contribution >= 4 is 117 Å². The number of hydrogen-bond donors (Lipinski definition) is 2. The Bertz CT molecular complexity index is 110. The molecule has 2 N–H and O–H groups in total. The molecule has 0 radical (unpaired) electrons. The zero-order valence-electron chi connectivity index (χ0n) is 7.94. The topological polar surface area (TPSA) is 74.6 Å². The molecule has 0 aliphatic carbocycles. The summed E-state index contributed by atoms with van der Waals surface area (Å²) in [6.45, 7) is 0. The van der Waals surface area contributed by atoms with Gasteiger partial charge in [0.15, 0.2) is 0 Å². The molecular weight excluding hydrogens is 356 g/mol. The SMILES string of the molecule is Cl.O=S(=O)(O)O.[Ba+2].[H-].[H-].[H-].[H-].[Sr+2]. The zero-order chi connectivity index (χ0) is 4.50. The quantitative estimate of drug-likeness (QED) is 0.448. The minimum absolute atomic E-state index is 0. The van der Waals surface area contributed by atoms with Gasteiger partial charge in [-0.25, -0.2) is 0 Å². The van der Waals surface area contributed by atoms with Crippen molar-refractivity contribution in [2.75, 3.05) is 0 Å². The van der Waals surface area contributed by atoms with Crippen molar-refractivity contribution in [2.45, 2.75) is 0 Å². The molecule has 0 spiro atoms. The summed E-state index contributed by atoms with van der Waals surface area (Å²) in [5, 5.41) is 0. The van der Waals surface area contributed by atoms with Gasteiger partial charge in [0.1, 0.15) is 0 Å². The fraction of sp³-hybridized carbons (Fsp3) is 0. The van der Waals surface area contributed by atoms with Gasteiger partial charge in [-0.15, -0.1) is 12.4 Å². The molecule has 0 aliphatic heterocycles. The third kappa shape index (κ3) is 60.2. The van der Waals surface area contributed by atoms with E-state index in [1.54, 1.807) is 0 Å². The monoisotopic (exact) mass is 364 g/mol. The maximum atomic E-state index is 8.74. The molecule has 8 heteroatoms. The molecular formula is H7BaClO4SSr. The van der Waals surface area contributed by atoms with Crippen LogP contribution in [0.2, 0.25) is 0 Å². The third-order valence-electron chi connectivity index (χ3n) is 0. The van der Waals surface area contributed by atoms with Crippen LogP contribution in [0.25, 0.3) is 0 Å². The molecule has 0 bridgehead atoms. The first kappa shape index (κ1) is 22.5. The average Bonchev–Trinajstić information content (AvgIpc) is 0.722. The van der Waals surface area contributed by atoms with Gasteiger partial charge in [0.2, 0.25) is 0 Å². The second kappa shape index (κ2) is 10.2. The van der Waals surface area contributed by atoms with E-state index in [0.717, 1.165) is 0 Å². The van der Waals surface area contributed by atoms with Gasteiger partial charge in [0, 0.05) is 0 Å². The van der Waals surface area contributed by atoms with E-state index in [4.69, 9.17) is 17.5 Å². The van der Waals surface area contributed by atoms with Gasteiger partial charge >= 0.3 is 105 Å². The molecule has 0 aromatic heterocycles. The van der Waals surface area contributed by atoms with E-state index in [1.807, 2.05) is 0 Å². The second-order valence-electron chi connectivity index (χ2n) is 0.448. The summed E-state index contributed by atoms with van der Waals surface area (Å²) < 4.78 is 31.6. The summed E-state index contributed by atoms with van der Waals surface area (Å²) in [6.07, 6.45) is 0. The van der Waals surface area contributed by atoms with Crippen LogP contribution in [0.3, 0.4) is 0 Å². The molecule has 0 aliphatic rings. The van der Waals surface area contributed by atoms with Crippen molar-refractivity contribution < 1.29 is 23.2 Å². The Morgan fingerprint density at radius 3 is 1.25 bits per heavy atom. The average molecular weight is 364 g/mol. The van der Waals surface area contributed by atoms with Crippen LogP contribution in [0, 0.1) is 0 Å². The summed E-state index contributed by atoms with van der Waals surface area (Å²) in [6, 6.07) is 0. The molecule has 0 unspecified atom stereocenters. The van der Waals surface area contributed by atoms with E-state index in [-0.39, 0.29) is 112 Å². The van der Waals surface area contributed by atoms with Crippen LogP contribution in [0.4, 0.5) is 0 Å². The maximum absolute atomic E-state index is 8.74. The largest absolute Gasteiger partial charge is 2.00 e. The van der Waals surface area contributed by atoms with E-state index in [1.165, 1.54) is 0 Å². The fourth-order valence-corrected chi connectivity index (χ4v) is 0. The second-order valence-corrected chi connectivity index (χ2v) is 1.34. The maximum Gasteiger partial charge on any atom is 2.00 e. The smallest absolute Gasteiger partial charge is 1.00 e. The van der Waals surface area contributed by atoms with Crippen LogP contribution in [-0.2, 0) is 10.4 Å². The minimum Gasteiger partial charge on any atom is -1.00 e. The van der Waals surface area contributed by atoms with Gasteiger partial charge in [-0.3, -0.25) is 9.11 Å². The summed E-state index contributed by atoms with van der Waals surface area (Å²) in [5.74, 6) is 0. The van der Waals surface area contributed by atoms with Crippen LogP contribution in [0.5, 0.6) is 0 Å². The molecule has 0 atom stereocenters.